The van der Waals surface area contributed by atoms with Gasteiger partial charge in [0, 0.05) is 18.8 Å². The maximum absolute atomic E-state index is 12.1. The van der Waals surface area contributed by atoms with Crippen LogP contribution in [0, 0.1) is 0 Å². The van der Waals surface area contributed by atoms with E-state index in [1.54, 1.807) is 0 Å². The van der Waals surface area contributed by atoms with Crippen LogP contribution in [0.25, 0.3) is 0 Å². The van der Waals surface area contributed by atoms with Crippen LogP contribution in [0.15, 0.2) is 24.3 Å². The Balaban J connectivity index is 2.15. The Bertz CT molecular complexity index is 461. The first-order valence-corrected chi connectivity index (χ1v) is 7.57. The van der Waals surface area contributed by atoms with Crippen molar-refractivity contribution in [3.8, 4) is 0 Å². The zero-order chi connectivity index (χ0) is 15.2. The lowest BCUT2D eigenvalue weighted by Gasteiger charge is -2.36. The Morgan fingerprint density at radius 3 is 2.76 bits per heavy atom. The quantitative estimate of drug-likeness (QED) is 0.863. The summed E-state index contributed by atoms with van der Waals surface area (Å²) in [4.78, 5) is 14.2. The number of aliphatic hydroxyl groups is 1. The molecule has 1 aromatic rings. The standard InChI is InChI=1S/C16H24N2O3/c1-3-15(19)12-5-7-13(8-6-12)18-9-10-21-11-14(18)16(20)17-4-2/h5-8,14-15,19H,3-4,9-11H2,1-2H3,(H,17,20). The average Bonchev–Trinajstić information content (AvgIpc) is 2.54. The van der Waals surface area contributed by atoms with Gasteiger partial charge in [-0.15, -0.1) is 0 Å². The molecule has 1 fully saturated rings. The number of benzene rings is 1. The lowest BCUT2D eigenvalue weighted by molar-refractivity contribution is -0.124. The molecular formula is C16H24N2O3. The van der Waals surface area contributed by atoms with Gasteiger partial charge in [-0.25, -0.2) is 0 Å². The molecule has 1 aromatic carbocycles. The van der Waals surface area contributed by atoms with Crippen LogP contribution in [0.2, 0.25) is 0 Å². The summed E-state index contributed by atoms with van der Waals surface area (Å²) in [5.41, 5.74) is 1.89. The van der Waals surface area contributed by atoms with E-state index in [1.165, 1.54) is 0 Å². The number of hydrogen-bond donors (Lipinski definition) is 2. The molecule has 1 amide bonds. The number of nitrogens with zero attached hydrogens (tertiary/aromatic N) is 1. The van der Waals surface area contributed by atoms with Crippen molar-refractivity contribution in [2.75, 3.05) is 31.2 Å². The molecule has 5 heteroatoms. The van der Waals surface area contributed by atoms with Gasteiger partial charge in [0.25, 0.3) is 0 Å². The second-order valence-corrected chi connectivity index (χ2v) is 5.19. The molecule has 1 aliphatic rings. The molecule has 0 saturated carbocycles. The van der Waals surface area contributed by atoms with Crippen LogP contribution in [-0.2, 0) is 9.53 Å². The van der Waals surface area contributed by atoms with Gasteiger partial charge in [0.05, 0.1) is 19.3 Å². The summed E-state index contributed by atoms with van der Waals surface area (Å²) in [6, 6.07) is 7.49. The Morgan fingerprint density at radius 1 is 1.43 bits per heavy atom. The maximum Gasteiger partial charge on any atom is 0.245 e. The van der Waals surface area contributed by atoms with Crippen molar-refractivity contribution in [1.29, 1.82) is 0 Å². The summed E-state index contributed by atoms with van der Waals surface area (Å²) in [6.45, 7) is 6.20. The van der Waals surface area contributed by atoms with E-state index in [-0.39, 0.29) is 11.9 Å². The number of aliphatic hydroxyl groups excluding tert-OH is 1. The first kappa shape index (κ1) is 15.8. The predicted molar refractivity (Wildman–Crippen MR) is 82.3 cm³/mol. The van der Waals surface area contributed by atoms with E-state index in [1.807, 2.05) is 38.1 Å². The zero-order valence-electron chi connectivity index (χ0n) is 12.7. The minimum Gasteiger partial charge on any atom is -0.388 e. The van der Waals surface area contributed by atoms with E-state index >= 15 is 0 Å². The molecule has 2 N–H and O–H groups in total. The zero-order valence-corrected chi connectivity index (χ0v) is 12.7. The van der Waals surface area contributed by atoms with Gasteiger partial charge >= 0.3 is 0 Å². The number of carbonyl (C=O) groups is 1. The third-order valence-corrected chi connectivity index (χ3v) is 3.78. The van der Waals surface area contributed by atoms with Crippen molar-refractivity contribution in [1.82, 2.24) is 5.32 Å². The van der Waals surface area contributed by atoms with Crippen molar-refractivity contribution in [3.05, 3.63) is 29.8 Å². The number of ether oxygens (including phenoxy) is 1. The van der Waals surface area contributed by atoms with Gasteiger partial charge in [0.1, 0.15) is 6.04 Å². The van der Waals surface area contributed by atoms with Gasteiger partial charge in [-0.2, -0.15) is 0 Å². The Hall–Kier alpha value is -1.59. The van der Waals surface area contributed by atoms with Crippen LogP contribution in [-0.4, -0.2) is 43.4 Å². The third-order valence-electron chi connectivity index (χ3n) is 3.78. The molecule has 21 heavy (non-hydrogen) atoms. The van der Waals surface area contributed by atoms with Crippen LogP contribution in [0.1, 0.15) is 31.9 Å². The summed E-state index contributed by atoms with van der Waals surface area (Å²) in [5.74, 6) is -0.00475. The molecule has 116 valence electrons. The third kappa shape index (κ3) is 3.74. The van der Waals surface area contributed by atoms with Crippen LogP contribution >= 0.6 is 0 Å². The molecule has 2 unspecified atom stereocenters. The van der Waals surface area contributed by atoms with Crippen molar-refractivity contribution in [2.24, 2.45) is 0 Å². The fraction of sp³-hybridized carbons (Fsp3) is 0.562. The molecule has 2 rings (SSSR count). The molecular weight excluding hydrogens is 268 g/mol. The fourth-order valence-electron chi connectivity index (χ4n) is 2.55. The largest absolute Gasteiger partial charge is 0.388 e. The Kier molecular flexibility index (Phi) is 5.59. The molecule has 0 spiro atoms. The van der Waals surface area contributed by atoms with Gasteiger partial charge in [-0.05, 0) is 31.0 Å². The summed E-state index contributed by atoms with van der Waals surface area (Å²) < 4.78 is 5.44. The number of likely N-dealkylation sites (N-methyl/N-ethyl adjacent to an activating group) is 1. The number of nitrogens with one attached hydrogen (secondary N) is 1. The Labute approximate surface area is 125 Å². The highest BCUT2D eigenvalue weighted by atomic mass is 16.5. The second kappa shape index (κ2) is 7.43. The van der Waals surface area contributed by atoms with E-state index < -0.39 is 6.10 Å². The number of anilines is 1. The van der Waals surface area contributed by atoms with Crippen LogP contribution in [0.4, 0.5) is 5.69 Å². The van der Waals surface area contributed by atoms with Crippen molar-refractivity contribution >= 4 is 11.6 Å². The molecule has 0 aromatic heterocycles. The average molecular weight is 292 g/mol. The lowest BCUT2D eigenvalue weighted by atomic mass is 10.1. The Morgan fingerprint density at radius 2 is 2.14 bits per heavy atom. The van der Waals surface area contributed by atoms with Crippen molar-refractivity contribution in [3.63, 3.8) is 0 Å². The lowest BCUT2D eigenvalue weighted by Crippen LogP contribution is -2.54. The highest BCUT2D eigenvalue weighted by molar-refractivity contribution is 5.85. The monoisotopic (exact) mass is 292 g/mol. The van der Waals surface area contributed by atoms with Crippen LogP contribution < -0.4 is 10.2 Å². The molecule has 0 aliphatic carbocycles. The van der Waals surface area contributed by atoms with Crippen molar-refractivity contribution in [2.45, 2.75) is 32.4 Å². The smallest absolute Gasteiger partial charge is 0.245 e. The first-order valence-electron chi connectivity index (χ1n) is 7.57. The number of carbonyl (C=O) groups excluding carboxylic acids is 1. The van der Waals surface area contributed by atoms with Gasteiger partial charge in [0.15, 0.2) is 0 Å². The highest BCUT2D eigenvalue weighted by Crippen LogP contribution is 2.23. The molecule has 0 radical (unpaired) electrons. The topological polar surface area (TPSA) is 61.8 Å². The summed E-state index contributed by atoms with van der Waals surface area (Å²) in [7, 11) is 0. The minimum atomic E-state index is -0.428. The minimum absolute atomic E-state index is 0.00475. The summed E-state index contributed by atoms with van der Waals surface area (Å²) in [6.07, 6.45) is 0.265. The fourth-order valence-corrected chi connectivity index (χ4v) is 2.55. The number of morpholine rings is 1. The van der Waals surface area contributed by atoms with Gasteiger partial charge in [0.2, 0.25) is 5.91 Å². The van der Waals surface area contributed by atoms with E-state index in [4.69, 9.17) is 4.74 Å². The summed E-state index contributed by atoms with van der Waals surface area (Å²) >= 11 is 0. The van der Waals surface area contributed by atoms with E-state index in [9.17, 15) is 9.90 Å². The number of amides is 1. The van der Waals surface area contributed by atoms with Crippen LogP contribution in [0.5, 0.6) is 0 Å². The predicted octanol–water partition coefficient (Wildman–Crippen LogP) is 1.47. The molecule has 2 atom stereocenters. The van der Waals surface area contributed by atoms with Crippen LogP contribution in [0.3, 0.4) is 0 Å². The maximum atomic E-state index is 12.1. The molecule has 1 saturated heterocycles. The van der Waals surface area contributed by atoms with Gasteiger partial charge < -0.3 is 20.1 Å². The summed E-state index contributed by atoms with van der Waals surface area (Å²) in [5, 5.41) is 12.7. The SMILES string of the molecule is CCNC(=O)C1COCCN1c1ccc(C(O)CC)cc1. The molecule has 1 aliphatic heterocycles. The normalized spacial score (nSPS) is 20.1. The van der Waals surface area contributed by atoms with E-state index in [0.29, 0.717) is 32.7 Å². The number of rotatable bonds is 5. The van der Waals surface area contributed by atoms with Gasteiger partial charge in [-0.3, -0.25) is 4.79 Å². The molecule has 5 nitrogen and oxygen atoms in total. The molecule has 0 bridgehead atoms. The van der Waals surface area contributed by atoms with Gasteiger partial charge in [-0.1, -0.05) is 19.1 Å². The van der Waals surface area contributed by atoms with Crippen molar-refractivity contribution < 1.29 is 14.6 Å². The second-order valence-electron chi connectivity index (χ2n) is 5.19. The highest BCUT2D eigenvalue weighted by Gasteiger charge is 2.29. The van der Waals surface area contributed by atoms with E-state index in [0.717, 1.165) is 11.3 Å². The number of hydrogen-bond acceptors (Lipinski definition) is 4. The molecule has 1 heterocycles. The van der Waals surface area contributed by atoms with E-state index in [2.05, 4.69) is 10.2 Å². The first-order chi connectivity index (χ1) is 10.2.